The van der Waals surface area contributed by atoms with Gasteiger partial charge in [-0.25, -0.2) is 0 Å². The summed E-state index contributed by atoms with van der Waals surface area (Å²) in [5, 5.41) is 5.39. The molecule has 4 nitrogen and oxygen atoms in total. The van der Waals surface area contributed by atoms with Crippen LogP contribution in [0.5, 0.6) is 0 Å². The first-order valence-corrected chi connectivity index (χ1v) is 7.82. The quantitative estimate of drug-likeness (QED) is 0.867. The van der Waals surface area contributed by atoms with Crippen LogP contribution in [0.1, 0.15) is 18.4 Å². The molecule has 5 heteroatoms. The topological polar surface area (TPSA) is 44.7 Å². The molecule has 0 saturated heterocycles. The highest BCUT2D eigenvalue weighted by Crippen LogP contribution is 2.50. The van der Waals surface area contributed by atoms with Gasteiger partial charge in [-0.2, -0.15) is 5.10 Å². The number of fused-ring (bicyclic) bond motifs is 2. The molecule has 1 aromatic rings. The van der Waals surface area contributed by atoms with Gasteiger partial charge in [-0.3, -0.25) is 10.2 Å². The zero-order valence-corrected chi connectivity index (χ0v) is 12.5. The van der Waals surface area contributed by atoms with Crippen LogP contribution in [0.15, 0.2) is 53.2 Å². The van der Waals surface area contributed by atoms with Gasteiger partial charge in [0.15, 0.2) is 0 Å². The summed E-state index contributed by atoms with van der Waals surface area (Å²) < 4.78 is 0. The molecule has 0 bridgehead atoms. The van der Waals surface area contributed by atoms with Crippen LogP contribution in [0.4, 0.5) is 5.69 Å². The van der Waals surface area contributed by atoms with Crippen molar-refractivity contribution < 1.29 is 4.79 Å². The summed E-state index contributed by atoms with van der Waals surface area (Å²) in [4.78, 5) is 13.7. The van der Waals surface area contributed by atoms with E-state index < -0.39 is 4.87 Å². The Balaban J connectivity index is 1.73. The van der Waals surface area contributed by atoms with Crippen LogP contribution in [0.3, 0.4) is 0 Å². The standard InChI is InChI=1S/C16H15N3OS/c1-19-13-10-6-5-9-12(13)16(15(19)20)18-17-14(21-16)11-7-3-2-4-8-11/h2-3,5-7,9-10,18H,4,8H2,1H3. The Labute approximate surface area is 127 Å². The number of hydrogen-bond donors (Lipinski definition) is 1. The molecule has 106 valence electrons. The van der Waals surface area contributed by atoms with Gasteiger partial charge in [-0.15, -0.1) is 0 Å². The summed E-state index contributed by atoms with van der Waals surface area (Å²) in [6, 6.07) is 7.91. The van der Waals surface area contributed by atoms with E-state index in [0.29, 0.717) is 0 Å². The second-order valence-electron chi connectivity index (χ2n) is 5.35. The van der Waals surface area contributed by atoms with Gasteiger partial charge < -0.3 is 4.90 Å². The average Bonchev–Trinajstić information content (AvgIpc) is 3.08. The maximum absolute atomic E-state index is 12.8. The van der Waals surface area contributed by atoms with Crippen molar-refractivity contribution in [3.63, 3.8) is 0 Å². The van der Waals surface area contributed by atoms with Crippen molar-refractivity contribution in [1.29, 1.82) is 0 Å². The van der Waals surface area contributed by atoms with E-state index in [4.69, 9.17) is 0 Å². The van der Waals surface area contributed by atoms with Crippen molar-refractivity contribution in [2.24, 2.45) is 5.10 Å². The number of amides is 1. The van der Waals surface area contributed by atoms with E-state index in [1.807, 2.05) is 31.3 Å². The Bertz CT molecular complexity index is 722. The number of carbonyl (C=O) groups excluding carboxylic acids is 1. The molecule has 3 aliphatic rings. The van der Waals surface area contributed by atoms with Crippen molar-refractivity contribution in [3.8, 4) is 0 Å². The van der Waals surface area contributed by atoms with E-state index in [1.165, 1.54) is 17.3 Å². The molecule has 1 atom stereocenters. The zero-order valence-electron chi connectivity index (χ0n) is 11.7. The number of rotatable bonds is 1. The Hall–Kier alpha value is -2.01. The van der Waals surface area contributed by atoms with Crippen molar-refractivity contribution in [1.82, 2.24) is 5.43 Å². The lowest BCUT2D eigenvalue weighted by Gasteiger charge is -2.21. The molecule has 2 heterocycles. The molecule has 1 aromatic carbocycles. The van der Waals surface area contributed by atoms with Gasteiger partial charge in [0.25, 0.3) is 5.91 Å². The fourth-order valence-corrected chi connectivity index (χ4v) is 4.25. The number of allylic oxidation sites excluding steroid dienone is 3. The summed E-state index contributed by atoms with van der Waals surface area (Å²) >= 11 is 1.53. The molecule has 1 N–H and O–H groups in total. The molecular formula is C16H15N3OS. The lowest BCUT2D eigenvalue weighted by molar-refractivity contribution is -0.120. The van der Waals surface area contributed by atoms with Gasteiger partial charge in [-0.1, -0.05) is 48.2 Å². The van der Waals surface area contributed by atoms with E-state index in [0.717, 1.165) is 29.1 Å². The Morgan fingerprint density at radius 3 is 3.05 bits per heavy atom. The number of para-hydroxylation sites is 1. The largest absolute Gasteiger partial charge is 0.312 e. The van der Waals surface area contributed by atoms with Crippen molar-refractivity contribution in [3.05, 3.63) is 53.6 Å². The van der Waals surface area contributed by atoms with E-state index in [9.17, 15) is 4.79 Å². The number of carbonyl (C=O) groups is 1. The molecule has 0 fully saturated rings. The van der Waals surface area contributed by atoms with Gasteiger partial charge in [0.05, 0.1) is 5.69 Å². The summed E-state index contributed by atoms with van der Waals surface area (Å²) in [6.07, 6.45) is 8.31. The van der Waals surface area contributed by atoms with Crippen LogP contribution < -0.4 is 10.3 Å². The highest BCUT2D eigenvalue weighted by Gasteiger charge is 2.54. The molecule has 1 amide bonds. The number of nitrogens with one attached hydrogen (secondary N) is 1. The van der Waals surface area contributed by atoms with Gasteiger partial charge in [0, 0.05) is 12.6 Å². The van der Waals surface area contributed by atoms with Crippen LogP contribution in [0.2, 0.25) is 0 Å². The zero-order chi connectivity index (χ0) is 14.4. The maximum atomic E-state index is 12.8. The molecule has 1 unspecified atom stereocenters. The maximum Gasteiger partial charge on any atom is 0.269 e. The fraction of sp³-hybridized carbons (Fsp3) is 0.250. The summed E-state index contributed by atoms with van der Waals surface area (Å²) in [6.45, 7) is 0. The fourth-order valence-electron chi connectivity index (χ4n) is 2.97. The molecule has 2 aliphatic heterocycles. The predicted octanol–water partition coefficient (Wildman–Crippen LogP) is 2.74. The highest BCUT2D eigenvalue weighted by molar-refractivity contribution is 8.16. The third kappa shape index (κ3) is 1.70. The Morgan fingerprint density at radius 1 is 1.38 bits per heavy atom. The van der Waals surface area contributed by atoms with Gasteiger partial charge in [0.1, 0.15) is 5.04 Å². The number of hydrazone groups is 1. The van der Waals surface area contributed by atoms with Crippen LogP contribution in [-0.2, 0) is 9.67 Å². The first-order valence-electron chi connectivity index (χ1n) is 7.00. The van der Waals surface area contributed by atoms with Crippen molar-refractivity contribution >= 4 is 28.4 Å². The number of thioether (sulfide) groups is 1. The normalized spacial score (nSPS) is 26.7. The highest BCUT2D eigenvalue weighted by atomic mass is 32.2. The molecule has 1 aliphatic carbocycles. The molecule has 4 rings (SSSR count). The molecule has 0 radical (unpaired) electrons. The van der Waals surface area contributed by atoms with Crippen LogP contribution in [0, 0.1) is 0 Å². The number of nitrogens with zero attached hydrogens (tertiary/aromatic N) is 2. The first kappa shape index (κ1) is 12.7. The average molecular weight is 297 g/mol. The van der Waals surface area contributed by atoms with E-state index in [1.54, 1.807) is 4.90 Å². The first-order chi connectivity index (χ1) is 10.2. The number of hydrogen-bond acceptors (Lipinski definition) is 4. The minimum Gasteiger partial charge on any atom is -0.312 e. The minimum atomic E-state index is -0.789. The van der Waals surface area contributed by atoms with Crippen LogP contribution in [0.25, 0.3) is 0 Å². The number of anilines is 1. The van der Waals surface area contributed by atoms with E-state index in [-0.39, 0.29) is 5.91 Å². The minimum absolute atomic E-state index is 0.0411. The lowest BCUT2D eigenvalue weighted by atomic mass is 10.1. The molecule has 0 aromatic heterocycles. The summed E-state index contributed by atoms with van der Waals surface area (Å²) in [7, 11) is 1.82. The van der Waals surface area contributed by atoms with Crippen LogP contribution in [-0.4, -0.2) is 18.0 Å². The SMILES string of the molecule is CN1C(=O)C2(NN=C(C3=CC=CCC3)S2)c2ccccc21. The van der Waals surface area contributed by atoms with Gasteiger partial charge in [0.2, 0.25) is 4.87 Å². The summed E-state index contributed by atoms with van der Waals surface area (Å²) in [5.41, 5.74) is 6.26. The molecule has 1 spiro atoms. The van der Waals surface area contributed by atoms with Crippen molar-refractivity contribution in [2.75, 3.05) is 11.9 Å². The molecule has 21 heavy (non-hydrogen) atoms. The Morgan fingerprint density at radius 2 is 2.24 bits per heavy atom. The van der Waals surface area contributed by atoms with E-state index in [2.05, 4.69) is 28.8 Å². The van der Waals surface area contributed by atoms with Gasteiger partial charge >= 0.3 is 0 Å². The monoisotopic (exact) mass is 297 g/mol. The van der Waals surface area contributed by atoms with Gasteiger partial charge in [-0.05, 0) is 24.5 Å². The van der Waals surface area contributed by atoms with Crippen LogP contribution >= 0.6 is 11.8 Å². The second kappa shape index (κ2) is 4.49. The van der Waals surface area contributed by atoms with E-state index >= 15 is 0 Å². The summed E-state index contributed by atoms with van der Waals surface area (Å²) in [5.74, 6) is 0.0411. The molecular weight excluding hydrogens is 282 g/mol. The second-order valence-corrected chi connectivity index (χ2v) is 6.56. The Kier molecular flexibility index (Phi) is 2.72. The number of benzene rings is 1. The third-order valence-corrected chi connectivity index (χ3v) is 5.44. The molecule has 0 saturated carbocycles. The third-order valence-electron chi connectivity index (χ3n) is 4.10. The van der Waals surface area contributed by atoms with Crippen molar-refractivity contribution in [2.45, 2.75) is 17.7 Å². The lowest BCUT2D eigenvalue weighted by Crippen LogP contribution is -2.43. The smallest absolute Gasteiger partial charge is 0.269 e. The number of likely N-dealkylation sites (N-methyl/N-ethyl adjacent to an activating group) is 1. The predicted molar refractivity (Wildman–Crippen MR) is 86.1 cm³/mol.